The van der Waals surface area contributed by atoms with E-state index in [1.54, 1.807) is 11.5 Å². The molecule has 0 saturated carbocycles. The Hall–Kier alpha value is -4.04. The van der Waals surface area contributed by atoms with Gasteiger partial charge in [-0.1, -0.05) is 18.2 Å². The SMILES string of the molecule is Cc1nc(N(C)c2cccc(Oc3ccc(C(=O)NO)nc3)c2)c2ccccc2n1. The molecule has 0 aliphatic heterocycles. The lowest BCUT2D eigenvalue weighted by molar-refractivity contribution is 0.0700. The van der Waals surface area contributed by atoms with Crippen molar-refractivity contribution in [3.63, 3.8) is 0 Å². The topological polar surface area (TPSA) is 100 Å². The number of fused-ring (bicyclic) bond motifs is 1. The summed E-state index contributed by atoms with van der Waals surface area (Å²) in [4.78, 5) is 26.5. The van der Waals surface area contributed by atoms with Crippen molar-refractivity contribution in [2.75, 3.05) is 11.9 Å². The lowest BCUT2D eigenvalue weighted by Crippen LogP contribution is -2.19. The van der Waals surface area contributed by atoms with Gasteiger partial charge in [0, 0.05) is 24.2 Å². The number of aromatic nitrogens is 3. The molecule has 0 radical (unpaired) electrons. The van der Waals surface area contributed by atoms with Crippen LogP contribution in [0.15, 0.2) is 66.9 Å². The van der Waals surface area contributed by atoms with Gasteiger partial charge in [-0.15, -0.1) is 0 Å². The van der Waals surface area contributed by atoms with Gasteiger partial charge in [-0.25, -0.2) is 20.4 Å². The van der Waals surface area contributed by atoms with Gasteiger partial charge in [-0.05, 0) is 43.3 Å². The predicted molar refractivity (Wildman–Crippen MR) is 112 cm³/mol. The molecule has 1 amide bonds. The molecule has 0 saturated heterocycles. The van der Waals surface area contributed by atoms with Gasteiger partial charge in [0.1, 0.15) is 28.8 Å². The molecule has 8 heteroatoms. The maximum absolute atomic E-state index is 11.4. The van der Waals surface area contributed by atoms with Gasteiger partial charge in [0.05, 0.1) is 11.7 Å². The molecule has 0 unspecified atom stereocenters. The molecule has 4 rings (SSSR count). The van der Waals surface area contributed by atoms with Gasteiger partial charge in [0.25, 0.3) is 5.91 Å². The van der Waals surface area contributed by atoms with Gasteiger partial charge >= 0.3 is 0 Å². The molecule has 2 N–H and O–H groups in total. The fraction of sp³-hybridized carbons (Fsp3) is 0.0909. The van der Waals surface area contributed by atoms with Crippen LogP contribution < -0.4 is 15.1 Å². The van der Waals surface area contributed by atoms with Gasteiger partial charge in [0.15, 0.2) is 0 Å². The van der Waals surface area contributed by atoms with Crippen molar-refractivity contribution in [2.45, 2.75) is 6.92 Å². The smallest absolute Gasteiger partial charge is 0.293 e. The monoisotopic (exact) mass is 401 g/mol. The minimum absolute atomic E-state index is 0.0874. The molecule has 0 spiro atoms. The second-order valence-corrected chi connectivity index (χ2v) is 6.59. The number of aryl methyl sites for hydroxylation is 1. The first-order valence-corrected chi connectivity index (χ1v) is 9.20. The third-order valence-electron chi connectivity index (χ3n) is 4.52. The molecule has 30 heavy (non-hydrogen) atoms. The zero-order valence-electron chi connectivity index (χ0n) is 16.4. The van der Waals surface area contributed by atoms with Crippen LogP contribution in [0.1, 0.15) is 16.3 Å². The van der Waals surface area contributed by atoms with Crippen molar-refractivity contribution >= 4 is 28.3 Å². The second-order valence-electron chi connectivity index (χ2n) is 6.59. The molecule has 150 valence electrons. The van der Waals surface area contributed by atoms with Crippen molar-refractivity contribution < 1.29 is 14.7 Å². The fourth-order valence-corrected chi connectivity index (χ4v) is 3.07. The highest BCUT2D eigenvalue weighted by Gasteiger charge is 2.13. The van der Waals surface area contributed by atoms with Crippen LogP contribution in [-0.4, -0.2) is 33.1 Å². The third-order valence-corrected chi connectivity index (χ3v) is 4.52. The van der Waals surface area contributed by atoms with Crippen LogP contribution in [0.25, 0.3) is 10.9 Å². The molecule has 2 heterocycles. The Labute approximate surface area is 172 Å². The van der Waals surface area contributed by atoms with Crippen LogP contribution >= 0.6 is 0 Å². The van der Waals surface area contributed by atoms with Crippen LogP contribution in [0.5, 0.6) is 11.5 Å². The molecule has 2 aromatic carbocycles. The summed E-state index contributed by atoms with van der Waals surface area (Å²) in [6, 6.07) is 18.5. The molecular formula is C22H19N5O3. The third kappa shape index (κ3) is 3.89. The standard InChI is InChI=1S/C22H19N5O3/c1-14-24-19-9-4-3-8-18(19)21(25-14)27(2)15-6-5-7-16(12-15)30-17-10-11-20(23-13-17)22(28)26-29/h3-13,29H,1-2H3,(H,26,28). The second kappa shape index (κ2) is 8.14. The number of ether oxygens (including phenoxy) is 1. The van der Waals surface area contributed by atoms with E-state index in [2.05, 4.69) is 15.0 Å². The molecule has 2 aromatic heterocycles. The summed E-state index contributed by atoms with van der Waals surface area (Å²) in [6.07, 6.45) is 1.42. The first-order chi connectivity index (χ1) is 14.5. The summed E-state index contributed by atoms with van der Waals surface area (Å²) in [5, 5.41) is 9.63. The molecule has 0 aliphatic rings. The quantitative estimate of drug-likeness (QED) is 0.385. The summed E-state index contributed by atoms with van der Waals surface area (Å²) >= 11 is 0. The Morgan fingerprint density at radius 1 is 1.03 bits per heavy atom. The van der Waals surface area contributed by atoms with Crippen LogP contribution in [0.3, 0.4) is 0 Å². The van der Waals surface area contributed by atoms with Crippen LogP contribution in [0, 0.1) is 6.92 Å². The molecule has 0 atom stereocenters. The zero-order chi connectivity index (χ0) is 21.1. The van der Waals surface area contributed by atoms with Crippen LogP contribution in [-0.2, 0) is 0 Å². The Kier molecular flexibility index (Phi) is 5.23. The highest BCUT2D eigenvalue weighted by molar-refractivity contribution is 5.92. The Morgan fingerprint density at radius 2 is 1.87 bits per heavy atom. The number of pyridine rings is 1. The number of hydroxylamine groups is 1. The van der Waals surface area contributed by atoms with Crippen molar-refractivity contribution in [2.24, 2.45) is 0 Å². The molecule has 0 aliphatic carbocycles. The van der Waals surface area contributed by atoms with Crippen molar-refractivity contribution in [3.8, 4) is 11.5 Å². The van der Waals surface area contributed by atoms with E-state index in [1.165, 1.54) is 12.3 Å². The average molecular weight is 401 g/mol. The number of hydrogen-bond acceptors (Lipinski definition) is 7. The number of nitrogens with zero attached hydrogens (tertiary/aromatic N) is 4. The van der Waals surface area contributed by atoms with Gasteiger partial charge in [-0.3, -0.25) is 10.0 Å². The van der Waals surface area contributed by atoms with Crippen LogP contribution in [0.4, 0.5) is 11.5 Å². The minimum atomic E-state index is -0.683. The first kappa shape index (κ1) is 19.3. The largest absolute Gasteiger partial charge is 0.456 e. The summed E-state index contributed by atoms with van der Waals surface area (Å²) in [5.41, 5.74) is 3.41. The van der Waals surface area contributed by atoms with E-state index < -0.39 is 5.91 Å². The van der Waals surface area contributed by atoms with E-state index in [1.807, 2.05) is 67.4 Å². The lowest BCUT2D eigenvalue weighted by Gasteiger charge is -2.21. The summed E-state index contributed by atoms with van der Waals surface area (Å²) in [6.45, 7) is 1.87. The lowest BCUT2D eigenvalue weighted by atomic mass is 10.2. The fourth-order valence-electron chi connectivity index (χ4n) is 3.07. The first-order valence-electron chi connectivity index (χ1n) is 9.20. The number of amides is 1. The molecular weight excluding hydrogens is 382 g/mol. The van der Waals surface area contributed by atoms with E-state index in [0.29, 0.717) is 17.3 Å². The van der Waals surface area contributed by atoms with E-state index in [0.717, 1.165) is 22.4 Å². The number of nitrogens with one attached hydrogen (secondary N) is 1. The Balaban J connectivity index is 1.62. The van der Waals surface area contributed by atoms with E-state index in [4.69, 9.17) is 9.94 Å². The van der Waals surface area contributed by atoms with Gasteiger partial charge in [-0.2, -0.15) is 0 Å². The Morgan fingerprint density at radius 3 is 2.63 bits per heavy atom. The number of hydrogen-bond donors (Lipinski definition) is 2. The van der Waals surface area contributed by atoms with E-state index in [-0.39, 0.29) is 5.69 Å². The van der Waals surface area contributed by atoms with E-state index >= 15 is 0 Å². The van der Waals surface area contributed by atoms with Gasteiger partial charge < -0.3 is 9.64 Å². The number of anilines is 2. The number of carbonyl (C=O) groups excluding carboxylic acids is 1. The highest BCUT2D eigenvalue weighted by atomic mass is 16.5. The number of benzene rings is 2. The molecule has 8 nitrogen and oxygen atoms in total. The van der Waals surface area contributed by atoms with Crippen LogP contribution in [0.2, 0.25) is 0 Å². The van der Waals surface area contributed by atoms with Gasteiger partial charge in [0.2, 0.25) is 0 Å². The molecule has 0 bridgehead atoms. The normalized spacial score (nSPS) is 10.6. The predicted octanol–water partition coefficient (Wildman–Crippen LogP) is 4.01. The maximum Gasteiger partial charge on any atom is 0.293 e. The highest BCUT2D eigenvalue weighted by Crippen LogP contribution is 2.31. The zero-order valence-corrected chi connectivity index (χ0v) is 16.4. The summed E-state index contributed by atoms with van der Waals surface area (Å²) in [7, 11) is 1.94. The Bertz CT molecular complexity index is 1210. The molecule has 4 aromatic rings. The number of para-hydroxylation sites is 1. The number of carbonyl (C=O) groups is 1. The number of rotatable bonds is 5. The average Bonchev–Trinajstić information content (AvgIpc) is 2.78. The van der Waals surface area contributed by atoms with Crippen molar-refractivity contribution in [3.05, 3.63) is 78.4 Å². The molecule has 0 fully saturated rings. The minimum Gasteiger partial charge on any atom is -0.456 e. The van der Waals surface area contributed by atoms with Crippen molar-refractivity contribution in [1.82, 2.24) is 20.4 Å². The summed E-state index contributed by atoms with van der Waals surface area (Å²) < 4.78 is 5.87. The van der Waals surface area contributed by atoms with Crippen molar-refractivity contribution in [1.29, 1.82) is 0 Å². The van der Waals surface area contributed by atoms with E-state index in [9.17, 15) is 4.79 Å². The summed E-state index contributed by atoms with van der Waals surface area (Å²) in [5.74, 6) is 1.89. The maximum atomic E-state index is 11.4.